The first-order valence-corrected chi connectivity index (χ1v) is 2.69. The third-order valence-electron chi connectivity index (χ3n) is 1.40. The first-order valence-electron chi connectivity index (χ1n) is 2.69. The predicted molar refractivity (Wildman–Crippen MR) is 28.0 cm³/mol. The Morgan fingerprint density at radius 1 is 1.62 bits per heavy atom. The van der Waals surface area contributed by atoms with Crippen molar-refractivity contribution in [1.29, 1.82) is 0 Å². The smallest absolute Gasteiger partial charge is 0.198 e. The second-order valence-corrected chi connectivity index (χ2v) is 2.16. The second kappa shape index (κ2) is 2.07. The second-order valence-electron chi connectivity index (χ2n) is 2.16. The fourth-order valence-electron chi connectivity index (χ4n) is 0.846. The number of ketones is 1. The van der Waals surface area contributed by atoms with E-state index in [1.165, 1.54) is 0 Å². The van der Waals surface area contributed by atoms with E-state index in [0.29, 0.717) is 25.2 Å². The van der Waals surface area contributed by atoms with Gasteiger partial charge in [-0.3, -0.25) is 9.59 Å². The highest BCUT2D eigenvalue weighted by Gasteiger charge is 2.25. The Morgan fingerprint density at radius 3 is 2.62 bits per heavy atom. The van der Waals surface area contributed by atoms with Gasteiger partial charge in [0.25, 0.3) is 0 Å². The Balaban J connectivity index is 2.15. The standard InChI is InChI=1S/C6H7O2/c7-2-1-5-3-6(8)4-5/h5H,1,3-4H2. The van der Waals surface area contributed by atoms with E-state index >= 15 is 0 Å². The molecule has 0 aliphatic heterocycles. The van der Waals surface area contributed by atoms with Crippen LogP contribution in [-0.4, -0.2) is 12.1 Å². The SMILES string of the molecule is O=[C]CC1CC(=O)C1. The summed E-state index contributed by atoms with van der Waals surface area (Å²) in [7, 11) is 0. The van der Waals surface area contributed by atoms with Gasteiger partial charge >= 0.3 is 0 Å². The van der Waals surface area contributed by atoms with Gasteiger partial charge < -0.3 is 0 Å². The molecule has 0 N–H and O–H groups in total. The molecule has 1 fully saturated rings. The number of carbonyl (C=O) groups is 1. The molecule has 8 heavy (non-hydrogen) atoms. The molecule has 43 valence electrons. The highest BCUT2D eigenvalue weighted by molar-refractivity contribution is 5.85. The zero-order chi connectivity index (χ0) is 5.98. The molecule has 0 unspecified atom stereocenters. The van der Waals surface area contributed by atoms with Crippen molar-refractivity contribution in [3.8, 4) is 0 Å². The number of carbonyl (C=O) groups excluding carboxylic acids is 2. The van der Waals surface area contributed by atoms with Crippen molar-refractivity contribution in [3.05, 3.63) is 0 Å². The highest BCUT2D eigenvalue weighted by atomic mass is 16.1. The average Bonchev–Trinajstić information content (AvgIpc) is 1.64. The third kappa shape index (κ3) is 0.941. The molecular formula is C6H7O2. The summed E-state index contributed by atoms with van der Waals surface area (Å²) in [5, 5.41) is 0. The van der Waals surface area contributed by atoms with E-state index in [9.17, 15) is 9.59 Å². The van der Waals surface area contributed by atoms with E-state index in [2.05, 4.69) is 0 Å². The Labute approximate surface area is 47.9 Å². The molecule has 0 heterocycles. The quantitative estimate of drug-likeness (QED) is 0.519. The van der Waals surface area contributed by atoms with Crippen LogP contribution in [0.2, 0.25) is 0 Å². The van der Waals surface area contributed by atoms with Crippen LogP contribution in [0.4, 0.5) is 0 Å². The monoisotopic (exact) mass is 111 g/mol. The van der Waals surface area contributed by atoms with E-state index in [1.807, 2.05) is 0 Å². The summed E-state index contributed by atoms with van der Waals surface area (Å²) < 4.78 is 0. The number of hydrogen-bond acceptors (Lipinski definition) is 2. The summed E-state index contributed by atoms with van der Waals surface area (Å²) in [4.78, 5) is 19.9. The molecule has 0 spiro atoms. The van der Waals surface area contributed by atoms with Crippen LogP contribution in [0.15, 0.2) is 0 Å². The normalized spacial score (nSPS) is 20.2. The van der Waals surface area contributed by atoms with Gasteiger partial charge in [-0.25, -0.2) is 0 Å². The molecule has 2 nitrogen and oxygen atoms in total. The number of Topliss-reactive ketones (excluding diaryl/α,β-unsaturated/α-hetero) is 1. The lowest BCUT2D eigenvalue weighted by Crippen LogP contribution is -2.23. The molecule has 1 rings (SSSR count). The molecule has 0 bridgehead atoms. The fourth-order valence-corrected chi connectivity index (χ4v) is 0.846. The first-order chi connectivity index (χ1) is 3.83. The molecule has 1 saturated carbocycles. The molecule has 1 aliphatic rings. The maximum absolute atomic E-state index is 10.3. The molecule has 1 aliphatic carbocycles. The minimum atomic E-state index is 0.283. The summed E-state index contributed by atoms with van der Waals surface area (Å²) in [6, 6.07) is 0. The van der Waals surface area contributed by atoms with Crippen molar-refractivity contribution in [2.24, 2.45) is 5.92 Å². The molecule has 0 atom stereocenters. The molecule has 0 saturated heterocycles. The van der Waals surface area contributed by atoms with Crippen molar-refractivity contribution in [3.63, 3.8) is 0 Å². The Kier molecular flexibility index (Phi) is 1.42. The van der Waals surface area contributed by atoms with Gasteiger partial charge in [-0.1, -0.05) is 0 Å². The van der Waals surface area contributed by atoms with Gasteiger partial charge in [0.15, 0.2) is 6.29 Å². The van der Waals surface area contributed by atoms with E-state index in [0.717, 1.165) is 0 Å². The van der Waals surface area contributed by atoms with Gasteiger partial charge in [0.1, 0.15) is 5.78 Å². The lowest BCUT2D eigenvalue weighted by atomic mass is 9.82. The molecule has 0 aromatic heterocycles. The molecule has 2 heteroatoms. The predicted octanol–water partition coefficient (Wildman–Crippen LogP) is 0.465. The summed E-state index contributed by atoms with van der Waals surface area (Å²) in [6.07, 6.45) is 3.45. The molecule has 0 aromatic rings. The largest absolute Gasteiger partial charge is 0.300 e. The van der Waals surface area contributed by atoms with Gasteiger partial charge in [0.05, 0.1) is 0 Å². The van der Waals surface area contributed by atoms with Crippen LogP contribution >= 0.6 is 0 Å². The first kappa shape index (κ1) is 5.48. The maximum atomic E-state index is 10.3. The van der Waals surface area contributed by atoms with Crippen LogP contribution in [-0.2, 0) is 9.59 Å². The molecular weight excluding hydrogens is 104 g/mol. The zero-order valence-corrected chi connectivity index (χ0v) is 4.52. The zero-order valence-electron chi connectivity index (χ0n) is 4.52. The van der Waals surface area contributed by atoms with Gasteiger partial charge in [-0.05, 0) is 5.92 Å². The van der Waals surface area contributed by atoms with Crippen LogP contribution in [0.5, 0.6) is 0 Å². The van der Waals surface area contributed by atoms with Gasteiger partial charge in [-0.15, -0.1) is 0 Å². The van der Waals surface area contributed by atoms with Crippen LogP contribution in [0, 0.1) is 5.92 Å². The third-order valence-corrected chi connectivity index (χ3v) is 1.40. The molecule has 0 aromatic carbocycles. The molecule has 1 radical (unpaired) electrons. The highest BCUT2D eigenvalue weighted by Crippen LogP contribution is 2.24. The van der Waals surface area contributed by atoms with Crippen LogP contribution in [0.25, 0.3) is 0 Å². The minimum Gasteiger partial charge on any atom is -0.300 e. The van der Waals surface area contributed by atoms with Crippen molar-refractivity contribution in [2.75, 3.05) is 0 Å². The van der Waals surface area contributed by atoms with E-state index in [4.69, 9.17) is 0 Å². The Bertz CT molecular complexity index is 107. The lowest BCUT2D eigenvalue weighted by Gasteiger charge is -2.20. The fraction of sp³-hybridized carbons (Fsp3) is 0.667. The van der Waals surface area contributed by atoms with Gasteiger partial charge in [-0.2, -0.15) is 0 Å². The molecule has 0 amide bonds. The Hall–Kier alpha value is -0.660. The lowest BCUT2D eigenvalue weighted by molar-refractivity contribution is -0.126. The number of hydrogen-bond donors (Lipinski definition) is 0. The van der Waals surface area contributed by atoms with Crippen molar-refractivity contribution >= 4 is 12.1 Å². The van der Waals surface area contributed by atoms with Crippen LogP contribution in [0.3, 0.4) is 0 Å². The van der Waals surface area contributed by atoms with E-state index < -0.39 is 0 Å². The summed E-state index contributed by atoms with van der Waals surface area (Å²) >= 11 is 0. The summed E-state index contributed by atoms with van der Waals surface area (Å²) in [5.74, 6) is 0.616. The average molecular weight is 111 g/mol. The number of rotatable bonds is 2. The van der Waals surface area contributed by atoms with Crippen molar-refractivity contribution < 1.29 is 9.59 Å². The van der Waals surface area contributed by atoms with Gasteiger partial charge in [0.2, 0.25) is 0 Å². The van der Waals surface area contributed by atoms with Gasteiger partial charge in [0, 0.05) is 19.3 Å². The summed E-state index contributed by atoms with van der Waals surface area (Å²) in [5.41, 5.74) is 0. The Morgan fingerprint density at radius 2 is 2.25 bits per heavy atom. The maximum Gasteiger partial charge on any atom is 0.198 e. The van der Waals surface area contributed by atoms with Crippen molar-refractivity contribution in [2.45, 2.75) is 19.3 Å². The van der Waals surface area contributed by atoms with Crippen LogP contribution < -0.4 is 0 Å². The summed E-state index contributed by atoms with van der Waals surface area (Å²) in [6.45, 7) is 0. The van der Waals surface area contributed by atoms with E-state index in [-0.39, 0.29) is 5.78 Å². The van der Waals surface area contributed by atoms with Crippen LogP contribution in [0.1, 0.15) is 19.3 Å². The topological polar surface area (TPSA) is 34.1 Å². The minimum absolute atomic E-state index is 0.283. The van der Waals surface area contributed by atoms with Crippen molar-refractivity contribution in [1.82, 2.24) is 0 Å². The van der Waals surface area contributed by atoms with E-state index in [1.54, 1.807) is 6.29 Å².